The van der Waals surface area contributed by atoms with Gasteiger partial charge in [-0.15, -0.1) is 0 Å². The van der Waals surface area contributed by atoms with Crippen LogP contribution >= 0.6 is 0 Å². The lowest BCUT2D eigenvalue weighted by Gasteiger charge is -2.13. The van der Waals surface area contributed by atoms with Crippen molar-refractivity contribution in [1.29, 1.82) is 0 Å². The van der Waals surface area contributed by atoms with Crippen LogP contribution < -0.4 is 0 Å². The first-order valence-corrected chi connectivity index (χ1v) is 4.11. The maximum absolute atomic E-state index is 13.7. The minimum absolute atomic E-state index is 0.230. The van der Waals surface area contributed by atoms with Crippen molar-refractivity contribution in [3.8, 4) is 5.75 Å². The van der Waals surface area contributed by atoms with Gasteiger partial charge in [0.25, 0.3) is 0 Å². The lowest BCUT2D eigenvalue weighted by molar-refractivity contribution is 0.194. The van der Waals surface area contributed by atoms with Gasteiger partial charge in [-0.25, -0.2) is 4.39 Å². The lowest BCUT2D eigenvalue weighted by Crippen LogP contribution is -2.09. The fourth-order valence-corrected chi connectivity index (χ4v) is 1.82. The van der Waals surface area contributed by atoms with E-state index < -0.39 is 5.67 Å². The van der Waals surface area contributed by atoms with E-state index >= 15 is 0 Å². The number of hydrogen-bond acceptors (Lipinski definition) is 1. The van der Waals surface area contributed by atoms with Crippen molar-refractivity contribution in [3.63, 3.8) is 0 Å². The Balaban J connectivity index is 2.61. The summed E-state index contributed by atoms with van der Waals surface area (Å²) in [5.74, 6) is 0.230. The van der Waals surface area contributed by atoms with Gasteiger partial charge in [0.2, 0.25) is 0 Å². The summed E-state index contributed by atoms with van der Waals surface area (Å²) in [6, 6.07) is 5.06. The molecule has 0 amide bonds. The molecule has 0 radical (unpaired) electrons. The van der Waals surface area contributed by atoms with Crippen molar-refractivity contribution in [2.45, 2.75) is 25.4 Å². The molecule has 1 nitrogen and oxygen atoms in total. The Bertz CT molecular complexity index is 318. The van der Waals surface area contributed by atoms with Crippen molar-refractivity contribution < 1.29 is 9.50 Å². The minimum Gasteiger partial charge on any atom is -0.508 e. The Labute approximate surface area is 70.8 Å². The third-order valence-electron chi connectivity index (χ3n) is 2.56. The van der Waals surface area contributed by atoms with Gasteiger partial charge in [-0.05, 0) is 31.4 Å². The SMILES string of the molecule is CC1(F)CCc2c(O)cccc21. The molecule has 1 aliphatic carbocycles. The van der Waals surface area contributed by atoms with Crippen LogP contribution in [0.5, 0.6) is 5.75 Å². The molecule has 0 saturated carbocycles. The van der Waals surface area contributed by atoms with Crippen LogP contribution in [0.25, 0.3) is 0 Å². The normalized spacial score (nSPS) is 27.2. The monoisotopic (exact) mass is 166 g/mol. The van der Waals surface area contributed by atoms with E-state index in [2.05, 4.69) is 0 Å². The van der Waals surface area contributed by atoms with Crippen LogP contribution in [0.4, 0.5) is 4.39 Å². The van der Waals surface area contributed by atoms with E-state index in [0.717, 1.165) is 5.56 Å². The highest BCUT2D eigenvalue weighted by Crippen LogP contribution is 2.42. The number of phenolic OH excluding ortho intramolecular Hbond substituents is 1. The molecule has 0 bridgehead atoms. The van der Waals surface area contributed by atoms with Crippen LogP contribution in [0.1, 0.15) is 24.5 Å². The number of benzene rings is 1. The topological polar surface area (TPSA) is 20.2 Å². The summed E-state index contributed by atoms with van der Waals surface area (Å²) in [6.07, 6.45) is 1.13. The Morgan fingerprint density at radius 2 is 2.25 bits per heavy atom. The Morgan fingerprint density at radius 3 is 2.92 bits per heavy atom. The summed E-state index contributed by atoms with van der Waals surface area (Å²) in [5, 5.41) is 9.40. The second kappa shape index (κ2) is 2.22. The first-order chi connectivity index (χ1) is 5.61. The van der Waals surface area contributed by atoms with Gasteiger partial charge in [0.1, 0.15) is 11.4 Å². The van der Waals surface area contributed by atoms with E-state index in [1.54, 1.807) is 25.1 Å². The number of rotatable bonds is 0. The van der Waals surface area contributed by atoms with E-state index in [-0.39, 0.29) is 5.75 Å². The fourth-order valence-electron chi connectivity index (χ4n) is 1.82. The molecule has 12 heavy (non-hydrogen) atoms. The summed E-state index contributed by atoms with van der Waals surface area (Å²) >= 11 is 0. The molecule has 1 aromatic carbocycles. The van der Waals surface area contributed by atoms with E-state index in [0.29, 0.717) is 18.4 Å². The Morgan fingerprint density at radius 1 is 1.50 bits per heavy atom. The number of halogens is 1. The zero-order valence-corrected chi connectivity index (χ0v) is 6.97. The summed E-state index contributed by atoms with van der Waals surface area (Å²) in [7, 11) is 0. The first kappa shape index (κ1) is 7.59. The van der Waals surface area contributed by atoms with Crippen molar-refractivity contribution in [2.75, 3.05) is 0 Å². The molecule has 1 unspecified atom stereocenters. The Kier molecular flexibility index (Phi) is 1.40. The average molecular weight is 166 g/mol. The van der Waals surface area contributed by atoms with Crippen LogP contribution in [0.15, 0.2) is 18.2 Å². The molecular formula is C10H11FO. The summed E-state index contributed by atoms with van der Waals surface area (Å²) in [6.45, 7) is 1.57. The van der Waals surface area contributed by atoms with Crippen LogP contribution in [0.3, 0.4) is 0 Å². The first-order valence-electron chi connectivity index (χ1n) is 4.11. The number of fused-ring (bicyclic) bond motifs is 1. The predicted molar refractivity (Wildman–Crippen MR) is 44.9 cm³/mol. The van der Waals surface area contributed by atoms with Gasteiger partial charge in [-0.3, -0.25) is 0 Å². The minimum atomic E-state index is -1.24. The summed E-state index contributed by atoms with van der Waals surface area (Å²) in [5.41, 5.74) is 0.193. The number of alkyl halides is 1. The molecule has 0 heterocycles. The van der Waals surface area contributed by atoms with Crippen LogP contribution in [-0.2, 0) is 12.1 Å². The molecule has 0 saturated heterocycles. The Hall–Kier alpha value is -1.05. The molecule has 2 rings (SSSR count). The third kappa shape index (κ3) is 0.909. The van der Waals surface area contributed by atoms with Crippen molar-refractivity contribution >= 4 is 0 Å². The van der Waals surface area contributed by atoms with Gasteiger partial charge in [0, 0.05) is 5.56 Å². The number of aromatic hydroxyl groups is 1. The molecular weight excluding hydrogens is 155 g/mol. The third-order valence-corrected chi connectivity index (χ3v) is 2.56. The molecule has 0 spiro atoms. The lowest BCUT2D eigenvalue weighted by atomic mass is 10.0. The zero-order valence-electron chi connectivity index (χ0n) is 6.97. The maximum Gasteiger partial charge on any atom is 0.133 e. The van der Waals surface area contributed by atoms with Crippen molar-refractivity contribution in [2.24, 2.45) is 0 Å². The van der Waals surface area contributed by atoms with E-state index in [1.807, 2.05) is 0 Å². The molecule has 2 heteroatoms. The number of hydrogen-bond donors (Lipinski definition) is 1. The molecule has 64 valence electrons. The highest BCUT2D eigenvalue weighted by Gasteiger charge is 2.35. The van der Waals surface area contributed by atoms with Gasteiger partial charge in [-0.2, -0.15) is 0 Å². The highest BCUT2D eigenvalue weighted by molar-refractivity contribution is 5.45. The van der Waals surface area contributed by atoms with Gasteiger partial charge >= 0.3 is 0 Å². The van der Waals surface area contributed by atoms with E-state index in [1.165, 1.54) is 0 Å². The molecule has 0 fully saturated rings. The predicted octanol–water partition coefficient (Wildman–Crippen LogP) is 2.52. The molecule has 0 aliphatic heterocycles. The van der Waals surface area contributed by atoms with Gasteiger partial charge in [-0.1, -0.05) is 12.1 Å². The second-order valence-electron chi connectivity index (χ2n) is 3.50. The van der Waals surface area contributed by atoms with Gasteiger partial charge < -0.3 is 5.11 Å². The summed E-state index contributed by atoms with van der Waals surface area (Å²) < 4.78 is 13.7. The van der Waals surface area contributed by atoms with Crippen LogP contribution in [0.2, 0.25) is 0 Å². The van der Waals surface area contributed by atoms with Gasteiger partial charge in [0.05, 0.1) is 0 Å². The maximum atomic E-state index is 13.7. The highest BCUT2D eigenvalue weighted by atomic mass is 19.1. The zero-order chi connectivity index (χ0) is 8.77. The second-order valence-corrected chi connectivity index (χ2v) is 3.50. The quantitative estimate of drug-likeness (QED) is 0.627. The molecule has 1 aromatic rings. The van der Waals surface area contributed by atoms with Crippen molar-refractivity contribution in [1.82, 2.24) is 0 Å². The molecule has 1 N–H and O–H groups in total. The molecule has 1 atom stereocenters. The van der Waals surface area contributed by atoms with Gasteiger partial charge in [0.15, 0.2) is 0 Å². The fraction of sp³-hybridized carbons (Fsp3) is 0.400. The van der Waals surface area contributed by atoms with Crippen molar-refractivity contribution in [3.05, 3.63) is 29.3 Å². The molecule has 1 aliphatic rings. The molecule has 0 aromatic heterocycles. The van der Waals surface area contributed by atoms with Crippen LogP contribution in [0, 0.1) is 0 Å². The average Bonchev–Trinajstić information content (AvgIpc) is 2.30. The standard InChI is InChI=1S/C10H11FO/c1-10(11)6-5-7-8(10)3-2-4-9(7)12/h2-4,12H,5-6H2,1H3. The largest absolute Gasteiger partial charge is 0.508 e. The smallest absolute Gasteiger partial charge is 0.133 e. The van der Waals surface area contributed by atoms with Crippen LogP contribution in [-0.4, -0.2) is 5.11 Å². The summed E-state index contributed by atoms with van der Waals surface area (Å²) in [4.78, 5) is 0. The van der Waals surface area contributed by atoms with E-state index in [9.17, 15) is 9.50 Å². The number of phenols is 1. The van der Waals surface area contributed by atoms with E-state index in [4.69, 9.17) is 0 Å².